The van der Waals surface area contributed by atoms with Crippen molar-refractivity contribution in [1.29, 1.82) is 0 Å². The zero-order valence-corrected chi connectivity index (χ0v) is 19.7. The number of amidine groups is 1. The lowest BCUT2D eigenvalue weighted by Gasteiger charge is -2.30. The highest BCUT2D eigenvalue weighted by Gasteiger charge is 2.36. The third kappa shape index (κ3) is 5.31. The van der Waals surface area contributed by atoms with Gasteiger partial charge in [0.15, 0.2) is 0 Å². The van der Waals surface area contributed by atoms with Crippen LogP contribution in [0.25, 0.3) is 11.0 Å². The number of aliphatic imine (C=N–C) groups is 1. The average molecular weight is 422 g/mol. The van der Waals surface area contributed by atoms with Crippen LogP contribution in [0.3, 0.4) is 0 Å². The van der Waals surface area contributed by atoms with Crippen LogP contribution in [0.4, 0.5) is 5.69 Å². The van der Waals surface area contributed by atoms with Gasteiger partial charge in [0.2, 0.25) is 0 Å². The fourth-order valence-corrected chi connectivity index (χ4v) is 5.44. The van der Waals surface area contributed by atoms with E-state index in [2.05, 4.69) is 72.7 Å². The van der Waals surface area contributed by atoms with Crippen LogP contribution in [0, 0.1) is 11.3 Å². The Morgan fingerprint density at radius 3 is 2.65 bits per heavy atom. The zero-order chi connectivity index (χ0) is 22.0. The first kappa shape index (κ1) is 21.9. The summed E-state index contributed by atoms with van der Waals surface area (Å²) in [5.74, 6) is 2.64. The van der Waals surface area contributed by atoms with E-state index in [-0.39, 0.29) is 6.04 Å². The second-order valence-electron chi connectivity index (χ2n) is 10.8. The molecule has 1 aliphatic heterocycles. The maximum absolute atomic E-state index is 5.29. The van der Waals surface area contributed by atoms with Crippen molar-refractivity contribution in [2.24, 2.45) is 16.3 Å². The highest BCUT2D eigenvalue weighted by molar-refractivity contribution is 5.97. The maximum Gasteiger partial charge on any atom is 0.125 e. The summed E-state index contributed by atoms with van der Waals surface area (Å²) in [5.41, 5.74) is 3.52. The fourth-order valence-electron chi connectivity index (χ4n) is 5.44. The Hall–Kier alpha value is -2.30. The molecule has 4 rings (SSSR count). The molecule has 0 spiro atoms. The van der Waals surface area contributed by atoms with Crippen LogP contribution in [0.1, 0.15) is 79.1 Å². The van der Waals surface area contributed by atoms with Gasteiger partial charge >= 0.3 is 0 Å². The molecule has 168 valence electrons. The number of fused-ring (bicyclic) bond motifs is 1. The number of imidazole rings is 1. The molecule has 31 heavy (non-hydrogen) atoms. The van der Waals surface area contributed by atoms with Crippen molar-refractivity contribution in [3.8, 4) is 0 Å². The number of hydrogen-bond donors (Lipinski definition) is 2. The molecule has 1 aromatic heterocycles. The number of anilines is 1. The van der Waals surface area contributed by atoms with Crippen molar-refractivity contribution in [3.05, 3.63) is 36.9 Å². The molecule has 2 unspecified atom stereocenters. The molecule has 1 saturated carbocycles. The second kappa shape index (κ2) is 9.05. The molecule has 5 nitrogen and oxygen atoms in total. The lowest BCUT2D eigenvalue weighted by atomic mass is 9.82. The molecule has 2 aromatic rings. The molecule has 2 aliphatic rings. The molecular formula is C26H39N5. The molecule has 2 heterocycles. The van der Waals surface area contributed by atoms with Crippen molar-refractivity contribution >= 4 is 22.6 Å². The van der Waals surface area contributed by atoms with Gasteiger partial charge in [0, 0.05) is 5.69 Å². The van der Waals surface area contributed by atoms with E-state index in [1.165, 1.54) is 44.9 Å². The van der Waals surface area contributed by atoms with Gasteiger partial charge in [0.1, 0.15) is 11.7 Å². The number of benzene rings is 1. The Bertz CT molecular complexity index is 927. The minimum absolute atomic E-state index is 0.202. The molecular weight excluding hydrogens is 382 g/mol. The number of nitrogens with zero attached hydrogens (tertiary/aromatic N) is 3. The Morgan fingerprint density at radius 1 is 1.19 bits per heavy atom. The second-order valence-corrected chi connectivity index (χ2v) is 10.8. The Labute approximate surface area is 187 Å². The van der Waals surface area contributed by atoms with Gasteiger partial charge in [-0.05, 0) is 55.2 Å². The predicted octanol–water partition coefficient (Wildman–Crippen LogP) is 6.40. The first-order valence-corrected chi connectivity index (χ1v) is 12.1. The summed E-state index contributed by atoms with van der Waals surface area (Å²) in [7, 11) is 0. The van der Waals surface area contributed by atoms with Crippen LogP contribution >= 0.6 is 0 Å². The number of H-pyrrole nitrogens is 1. The van der Waals surface area contributed by atoms with E-state index in [1.54, 1.807) is 6.33 Å². The molecule has 1 aromatic carbocycles. The predicted molar refractivity (Wildman–Crippen MR) is 131 cm³/mol. The minimum atomic E-state index is 0.202. The van der Waals surface area contributed by atoms with Crippen LogP contribution in [0.5, 0.6) is 0 Å². The first-order valence-electron chi connectivity index (χ1n) is 12.1. The summed E-state index contributed by atoms with van der Waals surface area (Å²) in [5, 5.41) is 3.59. The monoisotopic (exact) mass is 421 g/mol. The third-order valence-corrected chi connectivity index (χ3v) is 6.61. The molecule has 2 fully saturated rings. The van der Waals surface area contributed by atoms with Crippen molar-refractivity contribution in [2.75, 3.05) is 4.90 Å². The molecule has 0 bridgehead atoms. The summed E-state index contributed by atoms with van der Waals surface area (Å²) in [6.45, 7) is 13.8. The minimum Gasteiger partial charge on any atom is -0.345 e. The Kier molecular flexibility index (Phi) is 6.40. The zero-order valence-electron chi connectivity index (χ0n) is 19.7. The lowest BCUT2D eigenvalue weighted by Crippen LogP contribution is -2.35. The summed E-state index contributed by atoms with van der Waals surface area (Å²) in [6.07, 6.45) is 11.7. The summed E-state index contributed by atoms with van der Waals surface area (Å²) < 4.78 is 0. The number of nitrogens with one attached hydrogen (secondary N) is 2. The fraction of sp³-hybridized carbons (Fsp3) is 0.615. The molecule has 2 N–H and O–H groups in total. The van der Waals surface area contributed by atoms with Gasteiger partial charge in [-0.1, -0.05) is 60.0 Å². The standard InChI is InChI=1S/C26H39N5/c1-18(16-26(3,4)5)14-24-25(30-20-10-8-6-7-9-11-20)29-19(2)31(24)21-12-13-22-23(15-21)28-17-27-22/h12-13,15,17-18,20,24H,2,6-11,14,16H2,1,3-5H3,(H,27,28)(H,29,30). The van der Waals surface area contributed by atoms with Crippen molar-refractivity contribution in [2.45, 2.75) is 91.1 Å². The van der Waals surface area contributed by atoms with Gasteiger partial charge < -0.3 is 15.2 Å². The van der Waals surface area contributed by atoms with Gasteiger partial charge in [-0.2, -0.15) is 0 Å². The normalized spacial score (nSPS) is 23.4. The van der Waals surface area contributed by atoms with Crippen molar-refractivity contribution in [3.63, 3.8) is 0 Å². The number of hydrogen-bond acceptors (Lipinski definition) is 3. The molecule has 0 amide bonds. The molecule has 0 radical (unpaired) electrons. The molecule has 2 atom stereocenters. The van der Waals surface area contributed by atoms with Gasteiger partial charge in [-0.15, -0.1) is 0 Å². The van der Waals surface area contributed by atoms with Crippen LogP contribution in [-0.4, -0.2) is 27.9 Å². The van der Waals surface area contributed by atoms with E-state index in [4.69, 9.17) is 4.99 Å². The topological polar surface area (TPSA) is 56.3 Å². The number of aromatic amines is 1. The van der Waals surface area contributed by atoms with Gasteiger partial charge in [-0.25, -0.2) is 4.98 Å². The van der Waals surface area contributed by atoms with E-state index in [0.29, 0.717) is 17.4 Å². The van der Waals surface area contributed by atoms with Crippen LogP contribution in [0.15, 0.2) is 41.9 Å². The van der Waals surface area contributed by atoms with Crippen LogP contribution in [-0.2, 0) is 0 Å². The highest BCUT2D eigenvalue weighted by atomic mass is 15.4. The SMILES string of the molecule is C=C1NC(=NC2CCCCCC2)C(CC(C)CC(C)(C)C)N1c1ccc2nc[nH]c2c1. The molecule has 1 saturated heterocycles. The van der Waals surface area contributed by atoms with Crippen LogP contribution in [0.2, 0.25) is 0 Å². The van der Waals surface area contributed by atoms with E-state index in [0.717, 1.165) is 34.8 Å². The van der Waals surface area contributed by atoms with E-state index in [1.807, 2.05) is 0 Å². The third-order valence-electron chi connectivity index (χ3n) is 6.61. The molecule has 1 aliphatic carbocycles. The van der Waals surface area contributed by atoms with Gasteiger partial charge in [0.25, 0.3) is 0 Å². The lowest BCUT2D eigenvalue weighted by molar-refractivity contribution is 0.294. The Morgan fingerprint density at radius 2 is 1.94 bits per heavy atom. The van der Waals surface area contributed by atoms with E-state index < -0.39 is 0 Å². The average Bonchev–Trinajstić information content (AvgIpc) is 3.15. The summed E-state index contributed by atoms with van der Waals surface area (Å²) in [6, 6.07) is 7.07. The summed E-state index contributed by atoms with van der Waals surface area (Å²) in [4.78, 5) is 15.3. The van der Waals surface area contributed by atoms with Crippen molar-refractivity contribution < 1.29 is 0 Å². The van der Waals surface area contributed by atoms with Crippen LogP contribution < -0.4 is 10.2 Å². The molecule has 5 heteroatoms. The quantitative estimate of drug-likeness (QED) is 0.550. The first-order chi connectivity index (χ1) is 14.8. The van der Waals surface area contributed by atoms with Gasteiger partial charge in [-0.3, -0.25) is 4.99 Å². The Balaban J connectivity index is 1.65. The van der Waals surface area contributed by atoms with E-state index >= 15 is 0 Å². The van der Waals surface area contributed by atoms with Crippen molar-refractivity contribution in [1.82, 2.24) is 15.3 Å². The summed E-state index contributed by atoms with van der Waals surface area (Å²) >= 11 is 0. The van der Waals surface area contributed by atoms with E-state index in [9.17, 15) is 0 Å². The number of aromatic nitrogens is 2. The highest BCUT2D eigenvalue weighted by Crippen LogP contribution is 2.34. The largest absolute Gasteiger partial charge is 0.345 e. The number of rotatable bonds is 5. The maximum atomic E-state index is 5.29. The van der Waals surface area contributed by atoms with Gasteiger partial charge in [0.05, 0.1) is 29.4 Å². The smallest absolute Gasteiger partial charge is 0.125 e.